The number of benzene rings is 1. The molecule has 0 radical (unpaired) electrons. The van der Waals surface area contributed by atoms with Gasteiger partial charge in [-0.2, -0.15) is 5.26 Å². The predicted molar refractivity (Wildman–Crippen MR) is 79.0 cm³/mol. The van der Waals surface area contributed by atoms with E-state index in [-0.39, 0.29) is 5.41 Å². The van der Waals surface area contributed by atoms with Gasteiger partial charge in [-0.05, 0) is 38.8 Å². The van der Waals surface area contributed by atoms with E-state index in [1.165, 1.54) is 11.3 Å². The zero-order valence-corrected chi connectivity index (χ0v) is 12.1. The minimum absolute atomic E-state index is 0.252. The van der Waals surface area contributed by atoms with Crippen molar-refractivity contribution >= 4 is 5.69 Å². The van der Waals surface area contributed by atoms with Gasteiger partial charge in [0.2, 0.25) is 0 Å². The van der Waals surface area contributed by atoms with Gasteiger partial charge in [0.15, 0.2) is 0 Å². The van der Waals surface area contributed by atoms with Gasteiger partial charge in [-0.25, -0.2) is 0 Å². The first-order chi connectivity index (χ1) is 9.02. The van der Waals surface area contributed by atoms with E-state index in [2.05, 4.69) is 47.5 Å². The summed E-state index contributed by atoms with van der Waals surface area (Å²) in [5.41, 5.74) is 2.41. The van der Waals surface area contributed by atoms with Gasteiger partial charge >= 0.3 is 0 Å². The fraction of sp³-hybridized carbons (Fsp3) is 0.562. The van der Waals surface area contributed by atoms with Crippen LogP contribution in [0.25, 0.3) is 0 Å². The second kappa shape index (κ2) is 5.63. The van der Waals surface area contributed by atoms with Crippen LogP contribution in [0.5, 0.6) is 0 Å². The Labute approximate surface area is 116 Å². The third kappa shape index (κ3) is 3.48. The fourth-order valence-corrected chi connectivity index (χ4v) is 2.43. The Morgan fingerprint density at radius 2 is 2.16 bits per heavy atom. The molecule has 1 atom stereocenters. The average molecular weight is 257 g/mol. The SMILES string of the molecule is CC1CN(CCC(C)(C)C#N)c2ccccc2CN1. The molecule has 1 unspecified atom stereocenters. The van der Waals surface area contributed by atoms with Crippen molar-refractivity contribution in [2.75, 3.05) is 18.0 Å². The van der Waals surface area contributed by atoms with E-state index < -0.39 is 0 Å². The molecule has 0 aromatic heterocycles. The maximum atomic E-state index is 9.15. The Bertz CT molecular complexity index is 473. The highest BCUT2D eigenvalue weighted by atomic mass is 15.2. The van der Waals surface area contributed by atoms with Crippen LogP contribution in [0.15, 0.2) is 24.3 Å². The molecule has 0 aliphatic carbocycles. The molecular formula is C16H23N3. The fourth-order valence-electron chi connectivity index (χ4n) is 2.43. The van der Waals surface area contributed by atoms with Crippen LogP contribution in [0.3, 0.4) is 0 Å². The van der Waals surface area contributed by atoms with E-state index in [1.807, 2.05) is 13.8 Å². The highest BCUT2D eigenvalue weighted by Gasteiger charge is 2.22. The Kier molecular flexibility index (Phi) is 4.11. The van der Waals surface area contributed by atoms with E-state index >= 15 is 0 Å². The van der Waals surface area contributed by atoms with E-state index in [0.717, 1.165) is 26.1 Å². The van der Waals surface area contributed by atoms with Gasteiger partial charge in [-0.1, -0.05) is 18.2 Å². The van der Waals surface area contributed by atoms with Gasteiger partial charge in [0.25, 0.3) is 0 Å². The lowest BCUT2D eigenvalue weighted by Crippen LogP contribution is -2.37. The zero-order chi connectivity index (χ0) is 13.9. The van der Waals surface area contributed by atoms with Crippen molar-refractivity contribution < 1.29 is 0 Å². The zero-order valence-electron chi connectivity index (χ0n) is 12.1. The molecule has 1 heterocycles. The van der Waals surface area contributed by atoms with Crippen molar-refractivity contribution in [2.24, 2.45) is 5.41 Å². The molecule has 1 aliphatic rings. The molecule has 19 heavy (non-hydrogen) atoms. The van der Waals surface area contributed by atoms with Crippen molar-refractivity contribution in [3.8, 4) is 6.07 Å². The first-order valence-electron chi connectivity index (χ1n) is 6.99. The molecule has 1 aromatic carbocycles. The van der Waals surface area contributed by atoms with Gasteiger partial charge in [-0.3, -0.25) is 0 Å². The molecule has 2 rings (SSSR count). The number of nitrogens with one attached hydrogen (secondary N) is 1. The number of para-hydroxylation sites is 1. The van der Waals surface area contributed by atoms with Crippen molar-refractivity contribution in [1.82, 2.24) is 5.32 Å². The number of rotatable bonds is 3. The van der Waals surface area contributed by atoms with Crippen LogP contribution in [-0.4, -0.2) is 19.1 Å². The third-order valence-electron chi connectivity index (χ3n) is 3.78. The molecule has 0 bridgehead atoms. The lowest BCUT2D eigenvalue weighted by atomic mass is 9.91. The summed E-state index contributed by atoms with van der Waals surface area (Å²) in [5.74, 6) is 0. The summed E-state index contributed by atoms with van der Waals surface area (Å²) in [7, 11) is 0. The standard InChI is InChI=1S/C16H23N3/c1-13-11-19(9-8-16(2,3)12-17)15-7-5-4-6-14(15)10-18-13/h4-7,13,18H,8-11H2,1-3H3. The van der Waals surface area contributed by atoms with Crippen LogP contribution in [0, 0.1) is 16.7 Å². The van der Waals surface area contributed by atoms with Gasteiger partial charge in [-0.15, -0.1) is 0 Å². The molecule has 0 saturated heterocycles. The second-order valence-electron chi connectivity index (χ2n) is 6.10. The topological polar surface area (TPSA) is 39.1 Å². The van der Waals surface area contributed by atoms with Crippen molar-refractivity contribution in [1.29, 1.82) is 5.26 Å². The first-order valence-corrected chi connectivity index (χ1v) is 6.99. The van der Waals surface area contributed by atoms with Crippen LogP contribution in [-0.2, 0) is 6.54 Å². The molecule has 102 valence electrons. The molecule has 0 amide bonds. The van der Waals surface area contributed by atoms with Gasteiger partial charge in [0, 0.05) is 31.4 Å². The number of hydrogen-bond acceptors (Lipinski definition) is 3. The van der Waals surface area contributed by atoms with E-state index in [1.54, 1.807) is 0 Å². The molecule has 1 N–H and O–H groups in total. The molecule has 0 fully saturated rings. The molecule has 0 spiro atoms. The van der Waals surface area contributed by atoms with Crippen LogP contribution in [0.1, 0.15) is 32.8 Å². The largest absolute Gasteiger partial charge is 0.370 e. The summed E-state index contributed by atoms with van der Waals surface area (Å²) in [4.78, 5) is 2.42. The van der Waals surface area contributed by atoms with Crippen LogP contribution >= 0.6 is 0 Å². The molecular weight excluding hydrogens is 234 g/mol. The van der Waals surface area contributed by atoms with Crippen LogP contribution < -0.4 is 10.2 Å². The second-order valence-corrected chi connectivity index (χ2v) is 6.10. The molecule has 1 aromatic rings. The summed E-state index contributed by atoms with van der Waals surface area (Å²) in [6.45, 7) is 9.10. The predicted octanol–water partition coefficient (Wildman–Crippen LogP) is 2.92. The lowest BCUT2D eigenvalue weighted by Gasteiger charge is -2.29. The van der Waals surface area contributed by atoms with Gasteiger partial charge in [0.05, 0.1) is 11.5 Å². The minimum atomic E-state index is -0.252. The summed E-state index contributed by atoms with van der Waals surface area (Å²) in [6, 6.07) is 11.4. The normalized spacial score (nSPS) is 19.5. The number of anilines is 1. The number of fused-ring (bicyclic) bond motifs is 1. The maximum Gasteiger partial charge on any atom is 0.0684 e. The maximum absolute atomic E-state index is 9.15. The Morgan fingerprint density at radius 1 is 1.42 bits per heavy atom. The molecule has 3 heteroatoms. The minimum Gasteiger partial charge on any atom is -0.370 e. The Hall–Kier alpha value is -1.53. The first kappa shape index (κ1) is 13.9. The van der Waals surface area contributed by atoms with Gasteiger partial charge < -0.3 is 10.2 Å². The van der Waals surface area contributed by atoms with Crippen molar-refractivity contribution in [2.45, 2.75) is 39.8 Å². The number of nitrogens with zero attached hydrogens (tertiary/aromatic N) is 2. The monoisotopic (exact) mass is 257 g/mol. The summed E-state index contributed by atoms with van der Waals surface area (Å²) < 4.78 is 0. The van der Waals surface area contributed by atoms with E-state index in [9.17, 15) is 0 Å². The molecule has 1 aliphatic heterocycles. The summed E-state index contributed by atoms with van der Waals surface area (Å²) in [6.07, 6.45) is 0.893. The van der Waals surface area contributed by atoms with Crippen LogP contribution in [0.4, 0.5) is 5.69 Å². The number of hydrogen-bond donors (Lipinski definition) is 1. The summed E-state index contributed by atoms with van der Waals surface area (Å²) >= 11 is 0. The van der Waals surface area contributed by atoms with Crippen molar-refractivity contribution in [3.63, 3.8) is 0 Å². The van der Waals surface area contributed by atoms with E-state index in [0.29, 0.717) is 6.04 Å². The highest BCUT2D eigenvalue weighted by Crippen LogP contribution is 2.26. The van der Waals surface area contributed by atoms with Crippen molar-refractivity contribution in [3.05, 3.63) is 29.8 Å². The van der Waals surface area contributed by atoms with Crippen LogP contribution in [0.2, 0.25) is 0 Å². The molecule has 3 nitrogen and oxygen atoms in total. The number of nitriles is 1. The highest BCUT2D eigenvalue weighted by molar-refractivity contribution is 5.54. The quantitative estimate of drug-likeness (QED) is 0.905. The third-order valence-corrected chi connectivity index (χ3v) is 3.78. The molecule has 0 saturated carbocycles. The average Bonchev–Trinajstić information content (AvgIpc) is 2.57. The van der Waals surface area contributed by atoms with E-state index in [4.69, 9.17) is 5.26 Å². The smallest absolute Gasteiger partial charge is 0.0684 e. The van der Waals surface area contributed by atoms with Gasteiger partial charge in [0.1, 0.15) is 0 Å². The Morgan fingerprint density at radius 3 is 2.89 bits per heavy atom. The lowest BCUT2D eigenvalue weighted by molar-refractivity contribution is 0.443. The summed E-state index contributed by atoms with van der Waals surface area (Å²) in [5, 5.41) is 12.7. The Balaban J connectivity index is 2.16.